The van der Waals surface area contributed by atoms with Crippen molar-refractivity contribution in [2.24, 2.45) is 7.05 Å². The molecule has 4 nitrogen and oxygen atoms in total. The largest absolute Gasteiger partial charge is 0.490 e. The minimum absolute atomic E-state index is 0.539. The SMILES string of the molecule is C=CCOc1ccc(CNCc2c(C)nn(C)c2C)cc1. The van der Waals surface area contributed by atoms with Crippen molar-refractivity contribution in [3.05, 3.63) is 59.4 Å². The highest BCUT2D eigenvalue weighted by Crippen LogP contribution is 2.14. The van der Waals surface area contributed by atoms with Crippen LogP contribution in [-0.2, 0) is 20.1 Å². The van der Waals surface area contributed by atoms with E-state index in [0.29, 0.717) is 6.61 Å². The molecule has 0 aliphatic rings. The Morgan fingerprint density at radius 3 is 2.52 bits per heavy atom. The maximum Gasteiger partial charge on any atom is 0.119 e. The van der Waals surface area contributed by atoms with E-state index in [2.05, 4.69) is 43.0 Å². The Kier molecular flexibility index (Phi) is 5.17. The molecule has 1 N–H and O–H groups in total. The van der Waals surface area contributed by atoms with Crippen LogP contribution < -0.4 is 10.1 Å². The van der Waals surface area contributed by atoms with Crippen molar-refractivity contribution in [3.8, 4) is 5.75 Å². The van der Waals surface area contributed by atoms with Crippen LogP contribution in [0.2, 0.25) is 0 Å². The minimum atomic E-state index is 0.539. The predicted molar refractivity (Wildman–Crippen MR) is 85.4 cm³/mol. The summed E-state index contributed by atoms with van der Waals surface area (Å²) in [5.74, 6) is 0.873. The molecule has 0 bridgehead atoms. The van der Waals surface area contributed by atoms with Crippen LogP contribution in [0.4, 0.5) is 0 Å². The topological polar surface area (TPSA) is 39.1 Å². The van der Waals surface area contributed by atoms with Gasteiger partial charge in [-0.25, -0.2) is 0 Å². The van der Waals surface area contributed by atoms with Gasteiger partial charge in [0.05, 0.1) is 5.69 Å². The third-order valence-corrected chi connectivity index (χ3v) is 3.58. The second kappa shape index (κ2) is 7.09. The standard InChI is InChI=1S/C17H23N3O/c1-5-10-21-16-8-6-15(7-9-16)11-18-12-17-13(2)19-20(4)14(17)3/h5-9,18H,1,10-12H2,2-4H3. The van der Waals surface area contributed by atoms with Crippen molar-refractivity contribution in [3.63, 3.8) is 0 Å². The van der Waals surface area contributed by atoms with Crippen LogP contribution in [0, 0.1) is 13.8 Å². The Labute approximate surface area is 126 Å². The van der Waals surface area contributed by atoms with Crippen molar-refractivity contribution in [2.45, 2.75) is 26.9 Å². The third-order valence-electron chi connectivity index (χ3n) is 3.58. The van der Waals surface area contributed by atoms with Crippen LogP contribution >= 0.6 is 0 Å². The molecule has 0 fully saturated rings. The maximum absolute atomic E-state index is 5.47. The van der Waals surface area contributed by atoms with Gasteiger partial charge in [0.15, 0.2) is 0 Å². The molecule has 0 atom stereocenters. The van der Waals surface area contributed by atoms with Crippen LogP contribution in [0.3, 0.4) is 0 Å². The first-order valence-electron chi connectivity index (χ1n) is 7.14. The minimum Gasteiger partial charge on any atom is -0.490 e. The molecule has 112 valence electrons. The average molecular weight is 285 g/mol. The molecular weight excluding hydrogens is 262 g/mol. The zero-order valence-corrected chi connectivity index (χ0v) is 13.0. The van der Waals surface area contributed by atoms with E-state index >= 15 is 0 Å². The molecule has 2 rings (SSSR count). The molecule has 0 saturated heterocycles. The van der Waals surface area contributed by atoms with Crippen molar-refractivity contribution in [2.75, 3.05) is 6.61 Å². The quantitative estimate of drug-likeness (QED) is 0.795. The number of aromatic nitrogens is 2. The highest BCUT2D eigenvalue weighted by atomic mass is 16.5. The van der Waals surface area contributed by atoms with Crippen molar-refractivity contribution in [1.29, 1.82) is 0 Å². The van der Waals surface area contributed by atoms with Crippen LogP contribution in [0.15, 0.2) is 36.9 Å². The number of rotatable bonds is 7. The zero-order valence-electron chi connectivity index (χ0n) is 13.0. The fourth-order valence-electron chi connectivity index (χ4n) is 2.26. The number of aryl methyl sites for hydroxylation is 2. The fourth-order valence-corrected chi connectivity index (χ4v) is 2.26. The molecule has 0 amide bonds. The van der Waals surface area contributed by atoms with Crippen LogP contribution in [-0.4, -0.2) is 16.4 Å². The number of ether oxygens (including phenoxy) is 1. The second-order valence-electron chi connectivity index (χ2n) is 5.12. The molecule has 2 aromatic rings. The molecule has 0 radical (unpaired) electrons. The first kappa shape index (κ1) is 15.3. The normalized spacial score (nSPS) is 10.6. The summed E-state index contributed by atoms with van der Waals surface area (Å²) in [5, 5.41) is 7.89. The van der Waals surface area contributed by atoms with E-state index in [-0.39, 0.29) is 0 Å². The molecule has 1 aromatic carbocycles. The Balaban J connectivity index is 1.87. The Hall–Kier alpha value is -2.07. The number of nitrogens with zero attached hydrogens (tertiary/aromatic N) is 2. The molecule has 0 aliphatic heterocycles. The smallest absolute Gasteiger partial charge is 0.119 e. The van der Waals surface area contributed by atoms with Gasteiger partial charge in [0.25, 0.3) is 0 Å². The number of nitrogens with one attached hydrogen (secondary N) is 1. The Morgan fingerprint density at radius 2 is 1.95 bits per heavy atom. The van der Waals surface area contributed by atoms with E-state index < -0.39 is 0 Å². The zero-order chi connectivity index (χ0) is 15.2. The summed E-state index contributed by atoms with van der Waals surface area (Å²) >= 11 is 0. The monoisotopic (exact) mass is 285 g/mol. The van der Waals surface area contributed by atoms with Gasteiger partial charge in [-0.2, -0.15) is 5.10 Å². The summed E-state index contributed by atoms with van der Waals surface area (Å²) in [7, 11) is 1.98. The van der Waals surface area contributed by atoms with E-state index in [1.807, 2.05) is 23.9 Å². The fraction of sp³-hybridized carbons (Fsp3) is 0.353. The maximum atomic E-state index is 5.47. The van der Waals surface area contributed by atoms with Crippen LogP contribution in [0.5, 0.6) is 5.75 Å². The molecule has 4 heteroatoms. The lowest BCUT2D eigenvalue weighted by Gasteiger charge is -2.07. The molecule has 1 aromatic heterocycles. The lowest BCUT2D eigenvalue weighted by atomic mass is 10.2. The van der Waals surface area contributed by atoms with E-state index in [0.717, 1.165) is 24.5 Å². The second-order valence-corrected chi connectivity index (χ2v) is 5.12. The Morgan fingerprint density at radius 1 is 1.24 bits per heavy atom. The van der Waals surface area contributed by atoms with Gasteiger partial charge in [0.2, 0.25) is 0 Å². The molecule has 0 aliphatic carbocycles. The molecule has 21 heavy (non-hydrogen) atoms. The highest BCUT2D eigenvalue weighted by molar-refractivity contribution is 5.28. The summed E-state index contributed by atoms with van der Waals surface area (Å²) in [6, 6.07) is 8.13. The van der Waals surface area contributed by atoms with Gasteiger partial charge < -0.3 is 10.1 Å². The van der Waals surface area contributed by atoms with Gasteiger partial charge in [-0.1, -0.05) is 24.8 Å². The van der Waals surface area contributed by atoms with Crippen molar-refractivity contribution in [1.82, 2.24) is 15.1 Å². The predicted octanol–water partition coefficient (Wildman–Crippen LogP) is 2.89. The van der Waals surface area contributed by atoms with Crippen molar-refractivity contribution >= 4 is 0 Å². The summed E-state index contributed by atoms with van der Waals surface area (Å²) < 4.78 is 7.40. The van der Waals surface area contributed by atoms with Crippen LogP contribution in [0.25, 0.3) is 0 Å². The van der Waals surface area contributed by atoms with E-state index in [1.54, 1.807) is 6.08 Å². The molecule has 0 unspecified atom stereocenters. The van der Waals surface area contributed by atoms with Crippen molar-refractivity contribution < 1.29 is 4.74 Å². The number of benzene rings is 1. The summed E-state index contributed by atoms with van der Waals surface area (Å²) in [4.78, 5) is 0. The van der Waals surface area contributed by atoms with Gasteiger partial charge in [0, 0.05) is 31.4 Å². The summed E-state index contributed by atoms with van der Waals surface area (Å²) in [6.07, 6.45) is 1.74. The highest BCUT2D eigenvalue weighted by Gasteiger charge is 2.08. The van der Waals surface area contributed by atoms with E-state index in [9.17, 15) is 0 Å². The number of hydrogen-bond acceptors (Lipinski definition) is 3. The first-order valence-corrected chi connectivity index (χ1v) is 7.14. The summed E-state index contributed by atoms with van der Waals surface area (Å²) in [6.45, 7) is 9.99. The molecule has 0 spiro atoms. The van der Waals surface area contributed by atoms with Gasteiger partial charge in [-0.15, -0.1) is 0 Å². The van der Waals surface area contributed by atoms with Gasteiger partial charge in [-0.05, 0) is 31.5 Å². The van der Waals surface area contributed by atoms with E-state index in [4.69, 9.17) is 4.74 Å². The van der Waals surface area contributed by atoms with E-state index in [1.165, 1.54) is 16.8 Å². The Bertz CT molecular complexity index is 599. The lowest BCUT2D eigenvalue weighted by Crippen LogP contribution is -2.13. The summed E-state index contributed by atoms with van der Waals surface area (Å²) in [5.41, 5.74) is 4.83. The third kappa shape index (κ3) is 3.95. The molecule has 1 heterocycles. The molecular formula is C17H23N3O. The van der Waals surface area contributed by atoms with Gasteiger partial charge >= 0.3 is 0 Å². The van der Waals surface area contributed by atoms with Crippen LogP contribution in [0.1, 0.15) is 22.5 Å². The average Bonchev–Trinajstić information content (AvgIpc) is 2.72. The van der Waals surface area contributed by atoms with Gasteiger partial charge in [0.1, 0.15) is 12.4 Å². The first-order chi connectivity index (χ1) is 10.1. The lowest BCUT2D eigenvalue weighted by molar-refractivity contribution is 0.363. The number of hydrogen-bond donors (Lipinski definition) is 1. The van der Waals surface area contributed by atoms with Gasteiger partial charge in [-0.3, -0.25) is 4.68 Å². The molecule has 0 saturated carbocycles.